The number of amides is 6. The van der Waals surface area contributed by atoms with Crippen LogP contribution in [0, 0.1) is 0 Å². The molecule has 73 heavy (non-hydrogen) atoms. The van der Waals surface area contributed by atoms with Crippen molar-refractivity contribution in [1.29, 1.82) is 0 Å². The summed E-state index contributed by atoms with van der Waals surface area (Å²) < 4.78 is 5.98. The van der Waals surface area contributed by atoms with Gasteiger partial charge in [0, 0.05) is 85.6 Å². The van der Waals surface area contributed by atoms with Gasteiger partial charge < -0.3 is 37.1 Å². The predicted molar refractivity (Wildman–Crippen MR) is 285 cm³/mol. The number of hydrogen-bond donors (Lipinski definition) is 6. The fraction of sp³-hybridized carbons (Fsp3) is 0.352. The van der Waals surface area contributed by atoms with Crippen molar-refractivity contribution in [1.82, 2.24) is 31.1 Å². The highest BCUT2D eigenvalue weighted by Crippen LogP contribution is 2.46. The molecule has 6 amide bonds. The van der Waals surface area contributed by atoms with Crippen LogP contribution in [-0.2, 0) is 27.5 Å². The zero-order valence-electron chi connectivity index (χ0n) is 39.7. The summed E-state index contributed by atoms with van der Waals surface area (Å²) in [7, 11) is 0. The van der Waals surface area contributed by atoms with E-state index in [1.807, 2.05) is 24.3 Å². The van der Waals surface area contributed by atoms with Crippen LogP contribution in [0.4, 0.5) is 10.5 Å². The average Bonchev–Trinajstić information content (AvgIpc) is 3.72. The number of benzene rings is 5. The summed E-state index contributed by atoms with van der Waals surface area (Å²) >= 11 is 30.5. The van der Waals surface area contributed by atoms with Gasteiger partial charge in [0.25, 0.3) is 5.91 Å². The lowest BCUT2D eigenvalue weighted by Gasteiger charge is -2.39. The Balaban J connectivity index is 0.000000182. The lowest BCUT2D eigenvalue weighted by atomic mass is 9.87. The molecule has 0 radical (unpaired) electrons. The van der Waals surface area contributed by atoms with Crippen molar-refractivity contribution in [2.75, 3.05) is 18.4 Å². The molecule has 5 aliphatic heterocycles. The summed E-state index contributed by atoms with van der Waals surface area (Å²) in [5.41, 5.74) is 9.27. The normalized spacial score (nSPS) is 21.8. The monoisotopic (exact) mass is 1090 g/mol. The fourth-order valence-electron chi connectivity index (χ4n) is 11.2. The zero-order chi connectivity index (χ0) is 51.3. The average molecular weight is 1090 g/mol. The molecule has 5 heterocycles. The van der Waals surface area contributed by atoms with E-state index < -0.39 is 17.9 Å². The van der Waals surface area contributed by atoms with Gasteiger partial charge in [0.1, 0.15) is 11.5 Å². The summed E-state index contributed by atoms with van der Waals surface area (Å²) in [6.45, 7) is 1.49. The number of fused-ring (bicyclic) bond motifs is 6. The minimum Gasteiger partial charge on any atom is -0.457 e. The van der Waals surface area contributed by atoms with Gasteiger partial charge in [-0.3, -0.25) is 29.0 Å². The molecular weight excluding hydrogens is 1030 g/mol. The largest absolute Gasteiger partial charge is 0.457 e. The van der Waals surface area contributed by atoms with Gasteiger partial charge in [-0.05, 0) is 141 Å². The second-order valence-corrected chi connectivity index (χ2v) is 21.5. The number of nitrogens with zero attached hydrogens (tertiary/aromatic N) is 2. The van der Waals surface area contributed by atoms with Crippen LogP contribution in [0.5, 0.6) is 11.5 Å². The summed E-state index contributed by atoms with van der Waals surface area (Å²) in [6.07, 6.45) is 8.07. The van der Waals surface area contributed by atoms with Gasteiger partial charge in [0.2, 0.25) is 17.7 Å². The van der Waals surface area contributed by atoms with E-state index in [4.69, 9.17) is 68.5 Å². The van der Waals surface area contributed by atoms with Crippen LogP contribution in [0.25, 0.3) is 0 Å². The van der Waals surface area contributed by atoms with Crippen molar-refractivity contribution < 1.29 is 28.7 Å². The third-order valence-corrected chi connectivity index (χ3v) is 15.6. The third kappa shape index (κ3) is 13.0. The van der Waals surface area contributed by atoms with E-state index in [1.54, 1.807) is 36.4 Å². The first kappa shape index (κ1) is 52.3. The number of ether oxygens (including phenoxy) is 1. The van der Waals surface area contributed by atoms with Crippen molar-refractivity contribution in [3.63, 3.8) is 0 Å². The molecule has 5 aliphatic rings. The number of halogens is 5. The molecule has 7 N–H and O–H groups in total. The highest BCUT2D eigenvalue weighted by molar-refractivity contribution is 6.32. The highest BCUT2D eigenvalue weighted by Gasteiger charge is 2.42. The van der Waals surface area contributed by atoms with Crippen molar-refractivity contribution in [2.24, 2.45) is 5.73 Å². The Morgan fingerprint density at radius 3 is 1.40 bits per heavy atom. The standard InChI is InChI=1S/C30H28Cl3N3O3.C24H27Cl2N5O3/c31-18-3-1-17(2-4-18)16-36-22-7-8-23(36)14-21(13-22)35-28(37)15-34-30(38)29-24-11-19(32)5-9-26(24)39-27-10-6-20(33)12-25(27)29;25-15-3-1-14(2-4-15)13-31-18-6-7-19(31)11-17(10-18)29-22(32)12-28-23(33)20-9-16(26)5-8-21(20)30-24(27)34/h1-6,9-12,21-23,29H,7-8,13-16H2,(H,34,38)(H,35,37);1-5,8-9,17-19H,6-7,10-13H2,(H,28,33)(H,29,32)(H3,27,30,34)/t21?,22-,23+;17?,18-,19+. The Kier molecular flexibility index (Phi) is 16.7. The minimum absolute atomic E-state index is 0.0710. The molecule has 4 saturated heterocycles. The smallest absolute Gasteiger partial charge is 0.316 e. The van der Waals surface area contributed by atoms with Crippen LogP contribution in [0.2, 0.25) is 25.1 Å². The number of nitrogens with two attached hydrogens (primary N) is 1. The van der Waals surface area contributed by atoms with E-state index in [1.165, 1.54) is 29.3 Å². The maximum absolute atomic E-state index is 13.4. The third-order valence-electron chi connectivity index (χ3n) is 14.4. The maximum atomic E-state index is 13.4. The number of hydrogen-bond acceptors (Lipinski definition) is 8. The molecule has 4 bridgehead atoms. The number of piperidine rings is 2. The molecule has 19 heteroatoms. The van der Waals surface area contributed by atoms with Gasteiger partial charge in [-0.15, -0.1) is 0 Å². The second kappa shape index (κ2) is 23.3. The molecule has 4 fully saturated rings. The van der Waals surface area contributed by atoms with Gasteiger partial charge in [-0.2, -0.15) is 0 Å². The highest BCUT2D eigenvalue weighted by atomic mass is 35.5. The molecular formula is C54H55Cl5N8O6. The lowest BCUT2D eigenvalue weighted by molar-refractivity contribution is -0.127. The topological polar surface area (TPSA) is 187 Å². The first-order valence-corrected chi connectivity index (χ1v) is 26.3. The number of nitrogens with one attached hydrogen (secondary N) is 5. The minimum atomic E-state index is -0.800. The molecule has 2 unspecified atom stereocenters. The van der Waals surface area contributed by atoms with Crippen LogP contribution < -0.4 is 37.1 Å². The molecule has 14 nitrogen and oxygen atoms in total. The number of carbonyl (C=O) groups is 5. The van der Waals surface area contributed by atoms with E-state index >= 15 is 0 Å². The van der Waals surface area contributed by atoms with E-state index in [0.29, 0.717) is 61.9 Å². The Labute approximate surface area is 448 Å². The summed E-state index contributed by atoms with van der Waals surface area (Å²) in [6, 6.07) is 31.8. The Bertz CT molecular complexity index is 2800. The Morgan fingerprint density at radius 1 is 0.534 bits per heavy atom. The maximum Gasteiger partial charge on any atom is 0.316 e. The van der Waals surface area contributed by atoms with E-state index in [-0.39, 0.29) is 54.1 Å². The fourth-order valence-corrected chi connectivity index (χ4v) is 12.0. The Morgan fingerprint density at radius 2 is 0.945 bits per heavy atom. The summed E-state index contributed by atoms with van der Waals surface area (Å²) in [5, 5.41) is 16.8. The van der Waals surface area contributed by atoms with Gasteiger partial charge in [0.05, 0.1) is 30.3 Å². The lowest BCUT2D eigenvalue weighted by Crippen LogP contribution is -2.51. The quantitative estimate of drug-likeness (QED) is 0.0673. The van der Waals surface area contributed by atoms with Crippen LogP contribution in [0.1, 0.15) is 89.9 Å². The molecule has 5 aromatic rings. The SMILES string of the molecule is NC(=O)Nc1ccc(Cl)cc1C(=O)NCC(=O)NC1C[C@H]2CC[C@@H](C1)N2Cc1ccc(Cl)cc1.O=C(CNC(=O)C1c2cc(Cl)ccc2Oc2ccc(Cl)cc21)NC1C[C@H]2CC[C@@H](C1)N2Cc1ccc(Cl)cc1. The first-order valence-electron chi connectivity index (χ1n) is 24.4. The molecule has 5 aromatic carbocycles. The number of primary amides is 1. The van der Waals surface area contributed by atoms with Crippen LogP contribution >= 0.6 is 58.0 Å². The second-order valence-electron chi connectivity index (χ2n) is 19.3. The van der Waals surface area contributed by atoms with E-state index in [2.05, 4.69) is 60.6 Å². The van der Waals surface area contributed by atoms with Crippen LogP contribution in [0.3, 0.4) is 0 Å². The number of anilines is 1. The molecule has 10 rings (SSSR count). The number of urea groups is 1. The van der Waals surface area contributed by atoms with Crippen molar-refractivity contribution in [3.8, 4) is 11.5 Å². The van der Waals surface area contributed by atoms with Crippen molar-refractivity contribution in [2.45, 2.75) is 107 Å². The van der Waals surface area contributed by atoms with E-state index in [9.17, 15) is 24.0 Å². The molecule has 382 valence electrons. The molecule has 0 spiro atoms. The van der Waals surface area contributed by atoms with Gasteiger partial charge in [-0.25, -0.2) is 4.79 Å². The van der Waals surface area contributed by atoms with Crippen LogP contribution in [0.15, 0.2) is 103 Å². The molecule has 6 atom stereocenters. The van der Waals surface area contributed by atoms with Crippen molar-refractivity contribution in [3.05, 3.63) is 156 Å². The Hall–Kier alpha value is -5.58. The number of carbonyl (C=O) groups excluding carboxylic acids is 5. The molecule has 0 aliphatic carbocycles. The first-order chi connectivity index (χ1) is 35.1. The summed E-state index contributed by atoms with van der Waals surface area (Å²) in [5.74, 6) is -0.864. The van der Waals surface area contributed by atoms with Gasteiger partial charge >= 0.3 is 6.03 Å². The predicted octanol–water partition coefficient (Wildman–Crippen LogP) is 9.84. The van der Waals surface area contributed by atoms with E-state index in [0.717, 1.165) is 74.5 Å². The zero-order valence-corrected chi connectivity index (χ0v) is 43.4. The van der Waals surface area contributed by atoms with Gasteiger partial charge in [0.15, 0.2) is 0 Å². The van der Waals surface area contributed by atoms with Gasteiger partial charge in [-0.1, -0.05) is 82.3 Å². The van der Waals surface area contributed by atoms with Crippen LogP contribution in [-0.4, -0.2) is 88.8 Å². The number of rotatable bonds is 13. The van der Waals surface area contributed by atoms with Crippen molar-refractivity contribution >= 4 is 93.4 Å². The molecule has 0 aromatic heterocycles. The molecule has 0 saturated carbocycles. The summed E-state index contributed by atoms with van der Waals surface area (Å²) in [4.78, 5) is 67.8.